The highest BCUT2D eigenvalue weighted by Gasteiger charge is 2.18. The summed E-state index contributed by atoms with van der Waals surface area (Å²) in [6.45, 7) is 3.22. The molecule has 0 spiro atoms. The number of benzene rings is 1. The predicted molar refractivity (Wildman–Crippen MR) is 82.4 cm³/mol. The average Bonchev–Trinajstić information content (AvgIpc) is 2.93. The number of aryl methyl sites for hydroxylation is 2. The number of carbonyl (C=O) groups is 1. The molecule has 0 saturated carbocycles. The van der Waals surface area contributed by atoms with E-state index < -0.39 is 0 Å². The summed E-state index contributed by atoms with van der Waals surface area (Å²) in [4.78, 5) is 14.3. The van der Waals surface area contributed by atoms with E-state index in [-0.39, 0.29) is 12.0 Å². The van der Waals surface area contributed by atoms with Crippen LogP contribution in [0.3, 0.4) is 0 Å². The standard InChI is InChI=1S/C17H24N2O2/c1-19-7-8-21-16(12-19)11-18-17(20)10-13-5-6-14-3-2-4-15(14)9-13/h5-6,9,16H,2-4,7-8,10-12H2,1H3,(H,18,20)/t16-/m0/s1. The molecule has 1 aliphatic heterocycles. The highest BCUT2D eigenvalue weighted by Crippen LogP contribution is 2.22. The van der Waals surface area contributed by atoms with E-state index in [0.717, 1.165) is 31.7 Å². The molecular formula is C17H24N2O2. The number of likely N-dealkylation sites (N-methyl/N-ethyl adjacent to an activating group) is 1. The molecule has 114 valence electrons. The number of amides is 1. The monoisotopic (exact) mass is 288 g/mol. The normalized spacial score (nSPS) is 22.0. The molecule has 2 aliphatic rings. The summed E-state index contributed by atoms with van der Waals surface area (Å²) in [5, 5.41) is 3.00. The molecule has 21 heavy (non-hydrogen) atoms. The second-order valence-corrected chi connectivity index (χ2v) is 6.19. The Morgan fingerprint density at radius 2 is 2.24 bits per heavy atom. The van der Waals surface area contributed by atoms with Crippen LogP contribution in [0.1, 0.15) is 23.1 Å². The number of rotatable bonds is 4. The Labute approximate surface area is 126 Å². The van der Waals surface area contributed by atoms with Crippen LogP contribution in [0.5, 0.6) is 0 Å². The van der Waals surface area contributed by atoms with Crippen molar-refractivity contribution in [1.29, 1.82) is 0 Å². The number of hydrogen-bond donors (Lipinski definition) is 1. The number of hydrogen-bond acceptors (Lipinski definition) is 3. The van der Waals surface area contributed by atoms with Gasteiger partial charge in [-0.05, 0) is 43.0 Å². The fraction of sp³-hybridized carbons (Fsp3) is 0.588. The molecule has 4 nitrogen and oxygen atoms in total. The van der Waals surface area contributed by atoms with Crippen LogP contribution in [0.25, 0.3) is 0 Å². The second kappa shape index (κ2) is 6.58. The van der Waals surface area contributed by atoms with E-state index in [9.17, 15) is 4.79 Å². The maximum Gasteiger partial charge on any atom is 0.224 e. The van der Waals surface area contributed by atoms with Crippen LogP contribution in [-0.4, -0.2) is 50.2 Å². The molecule has 1 atom stereocenters. The van der Waals surface area contributed by atoms with Crippen molar-refractivity contribution in [3.63, 3.8) is 0 Å². The summed E-state index contributed by atoms with van der Waals surface area (Å²) in [5.41, 5.74) is 4.00. The Morgan fingerprint density at radius 1 is 1.38 bits per heavy atom. The minimum absolute atomic E-state index is 0.0878. The molecule has 1 N–H and O–H groups in total. The minimum Gasteiger partial charge on any atom is -0.374 e. The zero-order chi connectivity index (χ0) is 14.7. The smallest absolute Gasteiger partial charge is 0.224 e. The minimum atomic E-state index is 0.0878. The van der Waals surface area contributed by atoms with E-state index in [0.29, 0.717) is 13.0 Å². The number of nitrogens with zero attached hydrogens (tertiary/aromatic N) is 1. The SMILES string of the molecule is CN1CCO[C@@H](CNC(=O)Cc2ccc3c(c2)CCC3)C1. The molecule has 1 aliphatic carbocycles. The lowest BCUT2D eigenvalue weighted by Gasteiger charge is -2.30. The Hall–Kier alpha value is -1.39. The molecule has 1 amide bonds. The van der Waals surface area contributed by atoms with E-state index in [1.165, 1.54) is 24.0 Å². The lowest BCUT2D eigenvalue weighted by Crippen LogP contribution is -2.46. The van der Waals surface area contributed by atoms with Crippen LogP contribution in [0.4, 0.5) is 0 Å². The van der Waals surface area contributed by atoms with Gasteiger partial charge in [0.05, 0.1) is 19.1 Å². The molecule has 4 heteroatoms. The number of morpholine rings is 1. The van der Waals surface area contributed by atoms with Crippen LogP contribution >= 0.6 is 0 Å². The molecule has 0 bridgehead atoms. The maximum atomic E-state index is 12.1. The van der Waals surface area contributed by atoms with Gasteiger partial charge in [0.2, 0.25) is 5.91 Å². The summed E-state index contributed by atoms with van der Waals surface area (Å²) in [6.07, 6.45) is 4.18. The Morgan fingerprint density at radius 3 is 3.10 bits per heavy atom. The summed E-state index contributed by atoms with van der Waals surface area (Å²) in [7, 11) is 2.09. The first kappa shape index (κ1) is 14.5. The Balaban J connectivity index is 1.48. The van der Waals surface area contributed by atoms with Crippen molar-refractivity contribution >= 4 is 5.91 Å². The first-order valence-corrected chi connectivity index (χ1v) is 7.88. The molecule has 1 aromatic carbocycles. The summed E-state index contributed by atoms with van der Waals surface area (Å²) >= 11 is 0. The molecule has 1 heterocycles. The third kappa shape index (κ3) is 3.83. The first-order valence-electron chi connectivity index (χ1n) is 7.88. The number of ether oxygens (including phenoxy) is 1. The van der Waals surface area contributed by atoms with Gasteiger partial charge in [-0.3, -0.25) is 4.79 Å². The third-order valence-corrected chi connectivity index (χ3v) is 4.40. The Bertz CT molecular complexity index is 516. The van der Waals surface area contributed by atoms with Crippen molar-refractivity contribution in [1.82, 2.24) is 10.2 Å². The predicted octanol–water partition coefficient (Wildman–Crippen LogP) is 1.16. The quantitative estimate of drug-likeness (QED) is 0.904. The molecule has 0 radical (unpaired) electrons. The van der Waals surface area contributed by atoms with E-state index in [1.807, 2.05) is 0 Å². The van der Waals surface area contributed by atoms with E-state index in [4.69, 9.17) is 4.74 Å². The second-order valence-electron chi connectivity index (χ2n) is 6.19. The van der Waals surface area contributed by atoms with Crippen LogP contribution in [0.15, 0.2) is 18.2 Å². The van der Waals surface area contributed by atoms with Gasteiger partial charge in [0, 0.05) is 19.6 Å². The molecule has 1 fully saturated rings. The fourth-order valence-corrected chi connectivity index (χ4v) is 3.20. The lowest BCUT2D eigenvalue weighted by atomic mass is 10.0. The molecule has 0 unspecified atom stereocenters. The van der Waals surface area contributed by atoms with Crippen LogP contribution < -0.4 is 5.32 Å². The fourth-order valence-electron chi connectivity index (χ4n) is 3.20. The molecule has 1 aromatic rings. The molecule has 1 saturated heterocycles. The Kier molecular flexibility index (Phi) is 4.56. The first-order chi connectivity index (χ1) is 10.2. The van der Waals surface area contributed by atoms with Gasteiger partial charge >= 0.3 is 0 Å². The van der Waals surface area contributed by atoms with Crippen LogP contribution in [0.2, 0.25) is 0 Å². The van der Waals surface area contributed by atoms with Gasteiger partial charge in [0.25, 0.3) is 0 Å². The van der Waals surface area contributed by atoms with Crippen molar-refractivity contribution in [3.05, 3.63) is 34.9 Å². The van der Waals surface area contributed by atoms with Gasteiger partial charge in [0.1, 0.15) is 0 Å². The number of nitrogens with one attached hydrogen (secondary N) is 1. The van der Waals surface area contributed by atoms with E-state index in [2.05, 4.69) is 35.5 Å². The average molecular weight is 288 g/mol. The summed E-state index contributed by atoms with van der Waals surface area (Å²) < 4.78 is 5.65. The van der Waals surface area contributed by atoms with Crippen molar-refractivity contribution < 1.29 is 9.53 Å². The van der Waals surface area contributed by atoms with Gasteiger partial charge in [0.15, 0.2) is 0 Å². The van der Waals surface area contributed by atoms with Crippen LogP contribution in [0, 0.1) is 0 Å². The molecule has 3 rings (SSSR count). The van der Waals surface area contributed by atoms with Crippen LogP contribution in [-0.2, 0) is 28.8 Å². The zero-order valence-electron chi connectivity index (χ0n) is 12.7. The van der Waals surface area contributed by atoms with Gasteiger partial charge < -0.3 is 15.0 Å². The zero-order valence-corrected chi connectivity index (χ0v) is 12.7. The topological polar surface area (TPSA) is 41.6 Å². The van der Waals surface area contributed by atoms with Gasteiger partial charge in [-0.25, -0.2) is 0 Å². The summed E-state index contributed by atoms with van der Waals surface area (Å²) in [5.74, 6) is 0.0878. The highest BCUT2D eigenvalue weighted by atomic mass is 16.5. The molecule has 0 aromatic heterocycles. The van der Waals surface area contributed by atoms with Gasteiger partial charge in [-0.15, -0.1) is 0 Å². The lowest BCUT2D eigenvalue weighted by molar-refractivity contribution is -0.121. The van der Waals surface area contributed by atoms with Gasteiger partial charge in [-0.1, -0.05) is 18.2 Å². The maximum absolute atomic E-state index is 12.1. The molecular weight excluding hydrogens is 264 g/mol. The van der Waals surface area contributed by atoms with Crippen molar-refractivity contribution in [2.75, 3.05) is 33.3 Å². The van der Waals surface area contributed by atoms with Crippen molar-refractivity contribution in [3.8, 4) is 0 Å². The number of fused-ring (bicyclic) bond motifs is 1. The summed E-state index contributed by atoms with van der Waals surface area (Å²) in [6, 6.07) is 6.48. The van der Waals surface area contributed by atoms with E-state index in [1.54, 1.807) is 0 Å². The van der Waals surface area contributed by atoms with Crippen molar-refractivity contribution in [2.24, 2.45) is 0 Å². The third-order valence-electron chi connectivity index (χ3n) is 4.40. The van der Waals surface area contributed by atoms with E-state index >= 15 is 0 Å². The number of carbonyl (C=O) groups excluding carboxylic acids is 1. The van der Waals surface area contributed by atoms with Gasteiger partial charge in [-0.2, -0.15) is 0 Å². The van der Waals surface area contributed by atoms with Crippen molar-refractivity contribution in [2.45, 2.75) is 31.8 Å². The largest absolute Gasteiger partial charge is 0.374 e. The highest BCUT2D eigenvalue weighted by molar-refractivity contribution is 5.78.